The van der Waals surface area contributed by atoms with E-state index in [4.69, 9.17) is 0 Å². The molecule has 0 heterocycles. The predicted molar refractivity (Wildman–Crippen MR) is 95.8 cm³/mol. The van der Waals surface area contributed by atoms with Crippen LogP contribution >= 0.6 is 0 Å². The van der Waals surface area contributed by atoms with Crippen molar-refractivity contribution in [3.8, 4) is 0 Å². The zero-order valence-corrected chi connectivity index (χ0v) is 13.6. The lowest BCUT2D eigenvalue weighted by Crippen LogP contribution is -2.38. The molecule has 3 rings (SSSR count). The molecule has 0 aliphatic rings. The third kappa shape index (κ3) is 3.85. The first-order valence-electron chi connectivity index (χ1n) is 7.84. The van der Waals surface area contributed by atoms with Gasteiger partial charge in [0.2, 0.25) is 0 Å². The van der Waals surface area contributed by atoms with Crippen molar-refractivity contribution in [2.45, 2.75) is 6.18 Å². The molecular weight excluding hydrogens is 341 g/mol. The minimum Gasteiger partial charge on any atom is -0.354 e. The lowest BCUT2D eigenvalue weighted by Gasteiger charge is -2.26. The first-order chi connectivity index (χ1) is 12.5. The number of nitrogens with one attached hydrogen (secondary N) is 1. The molecule has 1 amide bonds. The maximum absolute atomic E-state index is 13.2. The van der Waals surface area contributed by atoms with E-state index in [0.29, 0.717) is 16.3 Å². The number of anilines is 4. The van der Waals surface area contributed by atoms with Crippen molar-refractivity contribution in [2.24, 2.45) is 0 Å². The average Bonchev–Trinajstić information content (AvgIpc) is 2.64. The van der Waals surface area contributed by atoms with Crippen molar-refractivity contribution in [1.82, 2.24) is 0 Å². The summed E-state index contributed by atoms with van der Waals surface area (Å²) in [5.41, 5.74) is 1.34. The zero-order valence-electron chi connectivity index (χ0n) is 13.6. The summed E-state index contributed by atoms with van der Waals surface area (Å²) in [4.78, 5) is 12.8. The second kappa shape index (κ2) is 7.31. The summed E-state index contributed by atoms with van der Waals surface area (Å²) in [7, 11) is 0. The van der Waals surface area contributed by atoms with Crippen LogP contribution in [0, 0.1) is 0 Å². The van der Waals surface area contributed by atoms with Crippen LogP contribution in [-0.4, -0.2) is 12.1 Å². The van der Waals surface area contributed by atoms with Gasteiger partial charge in [0, 0.05) is 11.4 Å². The predicted octanol–water partition coefficient (Wildman–Crippen LogP) is 5.66. The Morgan fingerprint density at radius 2 is 1.31 bits per heavy atom. The molecule has 6 heteroatoms. The number of nitrogens with zero attached hydrogens (tertiary/aromatic N) is 1. The Hall–Kier alpha value is -3.28. The smallest absolute Gasteiger partial charge is 0.354 e. The van der Waals surface area contributed by atoms with Crippen LogP contribution in [0.5, 0.6) is 0 Å². The van der Waals surface area contributed by atoms with Crippen LogP contribution in [0.3, 0.4) is 0 Å². The number of para-hydroxylation sites is 4. The van der Waals surface area contributed by atoms with Crippen LogP contribution in [0.1, 0.15) is 0 Å². The van der Waals surface area contributed by atoms with E-state index >= 15 is 0 Å². The van der Waals surface area contributed by atoms with Crippen LogP contribution < -0.4 is 10.2 Å². The van der Waals surface area contributed by atoms with Crippen molar-refractivity contribution < 1.29 is 18.0 Å². The quantitative estimate of drug-likeness (QED) is 0.654. The topological polar surface area (TPSA) is 32.3 Å². The Labute approximate surface area is 148 Å². The van der Waals surface area contributed by atoms with Crippen LogP contribution in [0.15, 0.2) is 84.9 Å². The van der Waals surface area contributed by atoms with E-state index in [1.165, 1.54) is 18.2 Å². The molecule has 0 unspecified atom stereocenters. The van der Waals surface area contributed by atoms with E-state index in [1.54, 1.807) is 60.7 Å². The molecule has 26 heavy (non-hydrogen) atoms. The molecule has 0 fully saturated rings. The third-order valence-corrected chi connectivity index (χ3v) is 3.66. The Balaban J connectivity index is 2.09. The summed E-state index contributed by atoms with van der Waals surface area (Å²) in [5.74, 6) is -1.95. The minimum absolute atomic E-state index is 0.116. The lowest BCUT2D eigenvalue weighted by atomic mass is 10.2. The molecule has 3 aromatic carbocycles. The second-order valence-electron chi connectivity index (χ2n) is 5.48. The molecule has 0 bridgehead atoms. The summed E-state index contributed by atoms with van der Waals surface area (Å²) >= 11 is 0. The number of amides is 1. The van der Waals surface area contributed by atoms with E-state index in [2.05, 4.69) is 5.32 Å². The second-order valence-corrected chi connectivity index (χ2v) is 5.48. The fourth-order valence-corrected chi connectivity index (χ4v) is 2.52. The first kappa shape index (κ1) is 17.5. The molecule has 0 aliphatic carbocycles. The molecule has 0 saturated heterocycles. The van der Waals surface area contributed by atoms with E-state index in [1.807, 2.05) is 6.07 Å². The van der Waals surface area contributed by atoms with Crippen molar-refractivity contribution in [1.29, 1.82) is 0 Å². The molecule has 3 nitrogen and oxygen atoms in total. The van der Waals surface area contributed by atoms with E-state index in [-0.39, 0.29) is 11.4 Å². The Morgan fingerprint density at radius 3 is 1.92 bits per heavy atom. The van der Waals surface area contributed by atoms with Gasteiger partial charge < -0.3 is 5.32 Å². The number of carbonyl (C=O) groups is 1. The van der Waals surface area contributed by atoms with Crippen LogP contribution in [-0.2, 0) is 4.79 Å². The van der Waals surface area contributed by atoms with Gasteiger partial charge in [-0.15, -0.1) is 0 Å². The number of carbonyl (C=O) groups excluding carboxylic acids is 1. The molecule has 0 atom stereocenters. The Bertz CT molecular complexity index is 880. The highest BCUT2D eigenvalue weighted by Crippen LogP contribution is 2.36. The first-order valence-corrected chi connectivity index (χ1v) is 7.84. The number of halogens is 3. The highest BCUT2D eigenvalue weighted by Gasteiger charge is 2.44. The van der Waals surface area contributed by atoms with Crippen molar-refractivity contribution in [3.05, 3.63) is 84.9 Å². The largest absolute Gasteiger partial charge is 0.472 e. The third-order valence-electron chi connectivity index (χ3n) is 3.66. The van der Waals surface area contributed by atoms with Crippen LogP contribution in [0.2, 0.25) is 0 Å². The Morgan fingerprint density at radius 1 is 0.769 bits per heavy atom. The Kier molecular flexibility index (Phi) is 4.93. The fraction of sp³-hybridized carbons (Fsp3) is 0.0500. The van der Waals surface area contributed by atoms with Crippen LogP contribution in [0.25, 0.3) is 0 Å². The number of hydrogen-bond acceptors (Lipinski definition) is 2. The van der Waals surface area contributed by atoms with E-state index in [9.17, 15) is 18.0 Å². The van der Waals surface area contributed by atoms with Crippen molar-refractivity contribution >= 4 is 28.7 Å². The summed E-state index contributed by atoms with van der Waals surface area (Å²) < 4.78 is 39.7. The SMILES string of the molecule is O=C(N(c1ccccc1)c1ccccc1Nc1ccccc1)C(F)(F)F. The molecule has 1 N–H and O–H groups in total. The molecule has 3 aromatic rings. The molecule has 132 valence electrons. The van der Waals surface area contributed by atoms with Gasteiger partial charge in [0.25, 0.3) is 0 Å². The maximum atomic E-state index is 13.2. The normalized spacial score (nSPS) is 11.0. The zero-order chi connectivity index (χ0) is 18.6. The number of benzene rings is 3. The molecule has 0 radical (unpaired) electrons. The highest BCUT2D eigenvalue weighted by molar-refractivity contribution is 6.06. The molecule has 0 spiro atoms. The maximum Gasteiger partial charge on any atom is 0.472 e. The number of alkyl halides is 3. The van der Waals surface area contributed by atoms with Crippen LogP contribution in [0.4, 0.5) is 35.9 Å². The van der Waals surface area contributed by atoms with Gasteiger partial charge in [-0.25, -0.2) is 0 Å². The minimum atomic E-state index is -5.00. The fourth-order valence-electron chi connectivity index (χ4n) is 2.52. The van der Waals surface area contributed by atoms with Gasteiger partial charge in [-0.1, -0.05) is 48.5 Å². The molecule has 0 aliphatic heterocycles. The average molecular weight is 356 g/mol. The monoisotopic (exact) mass is 356 g/mol. The number of hydrogen-bond donors (Lipinski definition) is 1. The van der Waals surface area contributed by atoms with Gasteiger partial charge in [0.15, 0.2) is 0 Å². The van der Waals surface area contributed by atoms with Crippen molar-refractivity contribution in [2.75, 3.05) is 10.2 Å². The van der Waals surface area contributed by atoms with Gasteiger partial charge in [-0.05, 0) is 36.4 Å². The highest BCUT2D eigenvalue weighted by atomic mass is 19.4. The van der Waals surface area contributed by atoms with E-state index in [0.717, 1.165) is 0 Å². The summed E-state index contributed by atoms with van der Waals surface area (Å²) in [6.45, 7) is 0. The van der Waals surface area contributed by atoms with Crippen molar-refractivity contribution in [3.63, 3.8) is 0 Å². The molecule has 0 aromatic heterocycles. The standard InChI is InChI=1S/C20H15F3N2O/c21-20(22,23)19(26)25(16-11-5-2-6-12-16)18-14-8-7-13-17(18)24-15-9-3-1-4-10-15/h1-14,24H. The van der Waals surface area contributed by atoms with Gasteiger partial charge in [-0.2, -0.15) is 13.2 Å². The summed E-state index contributed by atoms with van der Waals surface area (Å²) in [6, 6.07) is 23.2. The molecule has 0 saturated carbocycles. The van der Waals surface area contributed by atoms with E-state index < -0.39 is 12.1 Å². The number of rotatable bonds is 4. The van der Waals surface area contributed by atoms with Gasteiger partial charge >= 0.3 is 12.1 Å². The summed E-state index contributed by atoms with van der Waals surface area (Å²) in [5, 5.41) is 3.07. The lowest BCUT2D eigenvalue weighted by molar-refractivity contribution is -0.169. The van der Waals surface area contributed by atoms with Gasteiger partial charge in [0.1, 0.15) is 0 Å². The molecular formula is C20H15F3N2O. The summed E-state index contributed by atoms with van der Waals surface area (Å²) in [6.07, 6.45) is -5.00. The van der Waals surface area contributed by atoms with Gasteiger partial charge in [0.05, 0.1) is 11.4 Å². The van der Waals surface area contributed by atoms with Gasteiger partial charge in [-0.3, -0.25) is 9.69 Å².